The molecule has 2 aromatic carbocycles. The number of amides is 2. The number of nitrogens with zero attached hydrogens (tertiary/aromatic N) is 1. The molecule has 1 N–H and O–H groups in total. The van der Waals surface area contributed by atoms with E-state index in [2.05, 4.69) is 21.2 Å². The molecule has 0 saturated carbocycles. The third kappa shape index (κ3) is 9.06. The minimum atomic E-state index is -0.577. The van der Waals surface area contributed by atoms with Gasteiger partial charge in [-0.3, -0.25) is 5.32 Å². The van der Waals surface area contributed by atoms with E-state index in [0.29, 0.717) is 18.8 Å². The average molecular weight is 521 g/mol. The van der Waals surface area contributed by atoms with Crippen molar-refractivity contribution in [1.82, 2.24) is 4.90 Å². The summed E-state index contributed by atoms with van der Waals surface area (Å²) in [5, 5.41) is 2.75. The average Bonchev–Trinajstić information content (AvgIpc) is 2.73. The van der Waals surface area contributed by atoms with Crippen LogP contribution in [0.2, 0.25) is 0 Å². The van der Waals surface area contributed by atoms with Gasteiger partial charge in [-0.25, -0.2) is 9.59 Å². The van der Waals surface area contributed by atoms with Gasteiger partial charge in [0, 0.05) is 30.4 Å². The van der Waals surface area contributed by atoms with Gasteiger partial charge in [-0.15, -0.1) is 0 Å². The minimum Gasteiger partial charge on any atom is -0.446 e. The number of benzene rings is 2. The van der Waals surface area contributed by atoms with E-state index in [1.165, 1.54) is 4.90 Å². The second-order valence-electron chi connectivity index (χ2n) is 8.70. The fraction of sp³-hybridized carbons (Fsp3) is 0.440. The fourth-order valence-electron chi connectivity index (χ4n) is 3.00. The van der Waals surface area contributed by atoms with Gasteiger partial charge in [-0.1, -0.05) is 34.1 Å². The second kappa shape index (κ2) is 12.0. The van der Waals surface area contributed by atoms with Gasteiger partial charge in [0.25, 0.3) is 0 Å². The molecule has 0 spiro atoms. The Hall–Kier alpha value is -2.58. The SMILES string of the molecule is CCO[C@@H](COC(=O)Nc1ccc(C)c(CN(C)C(=O)OC(C)(C)C)c1)c1ccc(Br)cc1. The van der Waals surface area contributed by atoms with E-state index < -0.39 is 17.8 Å². The molecule has 0 heterocycles. The van der Waals surface area contributed by atoms with Crippen LogP contribution >= 0.6 is 15.9 Å². The highest BCUT2D eigenvalue weighted by molar-refractivity contribution is 9.10. The predicted octanol–water partition coefficient (Wildman–Crippen LogP) is 6.45. The largest absolute Gasteiger partial charge is 0.446 e. The summed E-state index contributed by atoms with van der Waals surface area (Å²) in [6.45, 7) is 10.3. The molecule has 33 heavy (non-hydrogen) atoms. The van der Waals surface area contributed by atoms with Crippen LogP contribution in [0.1, 0.15) is 50.5 Å². The van der Waals surface area contributed by atoms with E-state index >= 15 is 0 Å². The zero-order valence-corrected chi connectivity index (χ0v) is 21.7. The number of aryl methyl sites for hydroxylation is 1. The summed E-state index contributed by atoms with van der Waals surface area (Å²) in [4.78, 5) is 26.2. The number of anilines is 1. The predicted molar refractivity (Wildman–Crippen MR) is 132 cm³/mol. The zero-order valence-electron chi connectivity index (χ0n) is 20.1. The molecule has 2 amide bonds. The topological polar surface area (TPSA) is 77.1 Å². The maximum Gasteiger partial charge on any atom is 0.411 e. The van der Waals surface area contributed by atoms with Crippen molar-refractivity contribution in [1.29, 1.82) is 0 Å². The second-order valence-corrected chi connectivity index (χ2v) is 9.61. The van der Waals surface area contributed by atoms with Crippen LogP contribution in [0.5, 0.6) is 0 Å². The molecule has 7 nitrogen and oxygen atoms in total. The summed E-state index contributed by atoms with van der Waals surface area (Å²) in [7, 11) is 1.68. The molecule has 8 heteroatoms. The van der Waals surface area contributed by atoms with Gasteiger partial charge in [-0.2, -0.15) is 0 Å². The number of carbonyl (C=O) groups is 2. The quantitative estimate of drug-likeness (QED) is 0.432. The summed E-state index contributed by atoms with van der Waals surface area (Å²) < 4.78 is 17.5. The van der Waals surface area contributed by atoms with Crippen molar-refractivity contribution in [2.75, 3.05) is 25.6 Å². The monoisotopic (exact) mass is 520 g/mol. The van der Waals surface area contributed by atoms with Crippen molar-refractivity contribution in [2.45, 2.75) is 52.9 Å². The summed E-state index contributed by atoms with van der Waals surface area (Å²) in [6, 6.07) is 13.2. The highest BCUT2D eigenvalue weighted by Crippen LogP contribution is 2.22. The Labute approximate surface area is 204 Å². The Kier molecular flexibility index (Phi) is 9.73. The lowest BCUT2D eigenvalue weighted by Crippen LogP contribution is -2.34. The number of halogens is 1. The molecular formula is C25H33BrN2O5. The molecule has 0 unspecified atom stereocenters. The first-order valence-corrected chi connectivity index (χ1v) is 11.6. The van der Waals surface area contributed by atoms with E-state index in [1.54, 1.807) is 13.1 Å². The van der Waals surface area contributed by atoms with Crippen molar-refractivity contribution < 1.29 is 23.8 Å². The summed E-state index contributed by atoms with van der Waals surface area (Å²) in [5.74, 6) is 0. The van der Waals surface area contributed by atoms with E-state index in [-0.39, 0.29) is 12.7 Å². The third-order valence-corrected chi connectivity index (χ3v) is 5.21. The Morgan fingerprint density at radius 3 is 2.39 bits per heavy atom. The Balaban J connectivity index is 1.98. The van der Waals surface area contributed by atoms with Crippen LogP contribution in [-0.2, 0) is 20.8 Å². The van der Waals surface area contributed by atoms with Crippen LogP contribution in [0, 0.1) is 6.92 Å². The maximum atomic E-state index is 12.4. The molecule has 0 aliphatic heterocycles. The molecule has 0 aromatic heterocycles. The van der Waals surface area contributed by atoms with Gasteiger partial charge >= 0.3 is 12.2 Å². The molecule has 2 aromatic rings. The Bertz CT molecular complexity index is 941. The number of hydrogen-bond donors (Lipinski definition) is 1. The molecule has 2 rings (SSSR count). The maximum absolute atomic E-state index is 12.4. The van der Waals surface area contributed by atoms with Gasteiger partial charge in [-0.05, 0) is 75.6 Å². The Morgan fingerprint density at radius 2 is 1.79 bits per heavy atom. The Morgan fingerprint density at radius 1 is 1.12 bits per heavy atom. The summed E-state index contributed by atoms with van der Waals surface area (Å²) in [6.07, 6.45) is -1.34. The van der Waals surface area contributed by atoms with Crippen LogP contribution < -0.4 is 5.32 Å². The van der Waals surface area contributed by atoms with Crippen molar-refractivity contribution in [3.63, 3.8) is 0 Å². The fourth-order valence-corrected chi connectivity index (χ4v) is 3.27. The zero-order chi connectivity index (χ0) is 24.6. The normalized spacial score (nSPS) is 12.1. The molecule has 0 aliphatic rings. The standard InChI is InChI=1S/C25H33BrN2O5/c1-7-31-22(18-9-11-20(26)12-10-18)16-32-23(29)27-21-13-8-17(2)19(14-21)15-28(6)24(30)33-25(3,4)5/h8-14,22H,7,15-16H2,1-6H3,(H,27,29)/t22-/m0/s1. The van der Waals surface area contributed by atoms with Crippen LogP contribution in [-0.4, -0.2) is 42.9 Å². The lowest BCUT2D eigenvalue weighted by molar-refractivity contribution is 0.0130. The molecule has 0 fully saturated rings. The van der Waals surface area contributed by atoms with Crippen molar-refractivity contribution in [3.05, 3.63) is 63.6 Å². The van der Waals surface area contributed by atoms with Gasteiger partial charge in [0.15, 0.2) is 0 Å². The third-order valence-electron chi connectivity index (χ3n) is 4.68. The van der Waals surface area contributed by atoms with E-state index in [1.807, 2.05) is 71.0 Å². The van der Waals surface area contributed by atoms with E-state index in [0.717, 1.165) is 21.2 Å². The van der Waals surface area contributed by atoms with Gasteiger partial charge < -0.3 is 19.1 Å². The first kappa shape index (κ1) is 26.7. The van der Waals surface area contributed by atoms with Crippen molar-refractivity contribution >= 4 is 33.8 Å². The first-order valence-electron chi connectivity index (χ1n) is 10.8. The number of hydrogen-bond acceptors (Lipinski definition) is 5. The highest BCUT2D eigenvalue weighted by atomic mass is 79.9. The number of carbonyl (C=O) groups excluding carboxylic acids is 2. The van der Waals surface area contributed by atoms with Gasteiger partial charge in [0.05, 0.1) is 0 Å². The number of ether oxygens (including phenoxy) is 3. The van der Waals surface area contributed by atoms with E-state index in [4.69, 9.17) is 14.2 Å². The van der Waals surface area contributed by atoms with Crippen molar-refractivity contribution in [2.24, 2.45) is 0 Å². The highest BCUT2D eigenvalue weighted by Gasteiger charge is 2.20. The molecule has 0 radical (unpaired) electrons. The van der Waals surface area contributed by atoms with Crippen LogP contribution in [0.4, 0.5) is 15.3 Å². The smallest absolute Gasteiger partial charge is 0.411 e. The lowest BCUT2D eigenvalue weighted by atomic mass is 10.1. The minimum absolute atomic E-state index is 0.0847. The van der Waals surface area contributed by atoms with E-state index in [9.17, 15) is 9.59 Å². The molecule has 0 saturated heterocycles. The van der Waals surface area contributed by atoms with Crippen LogP contribution in [0.25, 0.3) is 0 Å². The van der Waals surface area contributed by atoms with Crippen molar-refractivity contribution in [3.8, 4) is 0 Å². The van der Waals surface area contributed by atoms with Gasteiger partial charge in [0.1, 0.15) is 18.3 Å². The molecule has 0 aliphatic carbocycles. The molecular weight excluding hydrogens is 488 g/mol. The summed E-state index contributed by atoms with van der Waals surface area (Å²) in [5.41, 5.74) is 2.83. The molecule has 0 bridgehead atoms. The molecule has 180 valence electrons. The first-order chi connectivity index (χ1) is 15.5. The van der Waals surface area contributed by atoms with Crippen LogP contribution in [0.3, 0.4) is 0 Å². The summed E-state index contributed by atoms with van der Waals surface area (Å²) >= 11 is 3.41. The number of rotatable bonds is 8. The van der Waals surface area contributed by atoms with Crippen LogP contribution in [0.15, 0.2) is 46.9 Å². The van der Waals surface area contributed by atoms with Gasteiger partial charge in [0.2, 0.25) is 0 Å². The molecule has 1 atom stereocenters. The number of nitrogens with one attached hydrogen (secondary N) is 1. The lowest BCUT2D eigenvalue weighted by Gasteiger charge is -2.25.